The lowest BCUT2D eigenvalue weighted by Crippen LogP contribution is -1.93. The van der Waals surface area contributed by atoms with Crippen molar-refractivity contribution in [2.45, 2.75) is 6.61 Å². The number of methoxy groups -OCH3 is 1. The topological polar surface area (TPSA) is 35.0 Å². The first-order valence-electron chi connectivity index (χ1n) is 4.17. The van der Waals surface area contributed by atoms with Crippen molar-refractivity contribution in [2.24, 2.45) is 0 Å². The molecule has 2 heterocycles. The highest BCUT2D eigenvalue weighted by Gasteiger charge is 2.07. The molecule has 0 aliphatic rings. The summed E-state index contributed by atoms with van der Waals surface area (Å²) in [5.74, 6) is 0. The van der Waals surface area contributed by atoms with Crippen LogP contribution in [-0.4, -0.2) is 17.1 Å². The van der Waals surface area contributed by atoms with Crippen molar-refractivity contribution in [2.75, 3.05) is 7.11 Å². The molecule has 0 spiro atoms. The van der Waals surface area contributed by atoms with Crippen LogP contribution in [0.5, 0.6) is 0 Å². The van der Waals surface area contributed by atoms with Gasteiger partial charge in [-0.15, -0.1) is 11.3 Å². The van der Waals surface area contributed by atoms with Gasteiger partial charge in [-0.25, -0.2) is 4.98 Å². The molecule has 3 nitrogen and oxygen atoms in total. The van der Waals surface area contributed by atoms with Crippen LogP contribution in [0.15, 0.2) is 24.5 Å². The standard InChI is InChI=1S/C10H9N2OS/c1-13-7-8-3-2-4-11-9(8)10-12-5-6-14-10/h2-5H,7H2,1H3. The number of hydrogen-bond donors (Lipinski definition) is 0. The first-order valence-corrected chi connectivity index (χ1v) is 4.98. The van der Waals surface area contributed by atoms with E-state index in [4.69, 9.17) is 4.74 Å². The molecule has 2 aromatic heterocycles. The van der Waals surface area contributed by atoms with Crippen molar-refractivity contribution in [3.63, 3.8) is 0 Å². The van der Waals surface area contributed by atoms with Crippen molar-refractivity contribution in [3.8, 4) is 10.7 Å². The summed E-state index contributed by atoms with van der Waals surface area (Å²) in [5.41, 5.74) is 1.94. The summed E-state index contributed by atoms with van der Waals surface area (Å²) in [6.45, 7) is 0.558. The van der Waals surface area contributed by atoms with Crippen LogP contribution >= 0.6 is 11.3 Å². The molecule has 0 atom stereocenters. The van der Waals surface area contributed by atoms with E-state index in [9.17, 15) is 0 Å². The minimum atomic E-state index is 0.558. The normalized spacial score (nSPS) is 10.4. The summed E-state index contributed by atoms with van der Waals surface area (Å²) in [4.78, 5) is 8.46. The number of aromatic nitrogens is 2. The van der Waals surface area contributed by atoms with E-state index in [2.05, 4.69) is 15.3 Å². The Kier molecular flexibility index (Phi) is 2.86. The predicted octanol–water partition coefficient (Wildman–Crippen LogP) is 2.15. The lowest BCUT2D eigenvalue weighted by Gasteiger charge is -2.03. The van der Waals surface area contributed by atoms with E-state index in [-0.39, 0.29) is 0 Å². The van der Waals surface area contributed by atoms with Crippen molar-refractivity contribution in [1.29, 1.82) is 0 Å². The Morgan fingerprint density at radius 1 is 1.50 bits per heavy atom. The second-order valence-corrected chi connectivity index (χ2v) is 3.55. The molecular weight excluding hydrogens is 196 g/mol. The molecule has 0 N–H and O–H groups in total. The average Bonchev–Trinajstić information content (AvgIpc) is 2.72. The van der Waals surface area contributed by atoms with Crippen molar-refractivity contribution in [3.05, 3.63) is 35.5 Å². The molecule has 0 amide bonds. The summed E-state index contributed by atoms with van der Waals surface area (Å²) >= 11 is 1.46. The lowest BCUT2D eigenvalue weighted by molar-refractivity contribution is 0.185. The van der Waals surface area contributed by atoms with Gasteiger partial charge in [0.2, 0.25) is 0 Å². The number of thiazole rings is 1. The molecule has 71 valence electrons. The van der Waals surface area contributed by atoms with E-state index < -0.39 is 0 Å². The number of rotatable bonds is 3. The Labute approximate surface area is 86.4 Å². The molecule has 0 saturated carbocycles. The maximum absolute atomic E-state index is 5.09. The molecule has 14 heavy (non-hydrogen) atoms. The summed E-state index contributed by atoms with van der Waals surface area (Å²) in [6.07, 6.45) is 3.42. The van der Waals surface area contributed by atoms with Gasteiger partial charge in [0.1, 0.15) is 10.7 Å². The van der Waals surface area contributed by atoms with Crippen molar-refractivity contribution in [1.82, 2.24) is 9.97 Å². The highest BCUT2D eigenvalue weighted by Crippen LogP contribution is 2.22. The molecule has 4 heteroatoms. The Bertz CT molecular complexity index is 400. The fourth-order valence-corrected chi connectivity index (χ4v) is 1.81. The van der Waals surface area contributed by atoms with Gasteiger partial charge in [0.05, 0.1) is 12.0 Å². The highest BCUT2D eigenvalue weighted by atomic mass is 32.1. The Morgan fingerprint density at radius 3 is 3.14 bits per heavy atom. The van der Waals surface area contributed by atoms with Gasteiger partial charge in [-0.05, 0) is 6.07 Å². The highest BCUT2D eigenvalue weighted by molar-refractivity contribution is 7.12. The van der Waals surface area contributed by atoms with E-state index in [1.807, 2.05) is 12.1 Å². The fourth-order valence-electron chi connectivity index (χ4n) is 1.21. The minimum Gasteiger partial charge on any atom is -0.380 e. The summed E-state index contributed by atoms with van der Waals surface area (Å²) in [7, 11) is 1.67. The van der Waals surface area contributed by atoms with Gasteiger partial charge in [-0.1, -0.05) is 6.07 Å². The zero-order valence-corrected chi connectivity index (χ0v) is 8.54. The first-order chi connectivity index (χ1) is 6.92. The number of pyridine rings is 1. The van der Waals surface area contributed by atoms with Crippen LogP contribution in [-0.2, 0) is 11.3 Å². The summed E-state index contributed by atoms with van der Waals surface area (Å²) in [5, 5.41) is 3.83. The molecule has 0 fully saturated rings. The van der Waals surface area contributed by atoms with Crippen molar-refractivity contribution < 1.29 is 4.74 Å². The minimum absolute atomic E-state index is 0.558. The van der Waals surface area contributed by atoms with Crippen LogP contribution in [0, 0.1) is 5.38 Å². The summed E-state index contributed by atoms with van der Waals surface area (Å²) < 4.78 is 5.09. The Hall–Kier alpha value is -1.26. The van der Waals surface area contributed by atoms with Crippen LogP contribution in [0.4, 0.5) is 0 Å². The molecule has 2 rings (SSSR count). The Balaban J connectivity index is 2.42. The maximum atomic E-state index is 5.09. The third-order valence-electron chi connectivity index (χ3n) is 1.78. The van der Waals surface area contributed by atoms with E-state index in [1.54, 1.807) is 19.5 Å². The fraction of sp³-hybridized carbons (Fsp3) is 0.200. The molecule has 0 saturated heterocycles. The molecule has 0 aromatic carbocycles. The molecular formula is C10H9N2OS. The first kappa shape index (κ1) is 9.30. The molecule has 0 aliphatic heterocycles. The monoisotopic (exact) mass is 205 g/mol. The second kappa shape index (κ2) is 4.30. The van der Waals surface area contributed by atoms with Crippen molar-refractivity contribution >= 4 is 11.3 Å². The molecule has 2 aromatic rings. The van der Waals surface area contributed by atoms with Crippen LogP contribution in [0.1, 0.15) is 5.56 Å². The van der Waals surface area contributed by atoms with Gasteiger partial charge in [0, 0.05) is 25.1 Å². The third kappa shape index (κ3) is 1.81. The van der Waals surface area contributed by atoms with Gasteiger partial charge < -0.3 is 4.74 Å². The van der Waals surface area contributed by atoms with E-state index in [0.29, 0.717) is 6.61 Å². The predicted molar refractivity (Wildman–Crippen MR) is 54.9 cm³/mol. The molecule has 0 bridgehead atoms. The molecule has 1 radical (unpaired) electrons. The molecule has 0 aliphatic carbocycles. The SMILES string of the molecule is COCc1cccnc1-c1nc[c]s1. The third-order valence-corrected chi connectivity index (χ3v) is 2.50. The number of ether oxygens (including phenoxy) is 1. The zero-order chi connectivity index (χ0) is 9.80. The van der Waals surface area contributed by atoms with Gasteiger partial charge in [-0.3, -0.25) is 4.98 Å². The van der Waals surface area contributed by atoms with Crippen LogP contribution in [0.3, 0.4) is 0 Å². The van der Waals surface area contributed by atoms with E-state index >= 15 is 0 Å². The quantitative estimate of drug-likeness (QED) is 0.770. The number of hydrogen-bond acceptors (Lipinski definition) is 4. The van der Waals surface area contributed by atoms with Gasteiger partial charge in [0.15, 0.2) is 0 Å². The Morgan fingerprint density at radius 2 is 2.43 bits per heavy atom. The van der Waals surface area contributed by atoms with E-state index in [0.717, 1.165) is 16.3 Å². The average molecular weight is 205 g/mol. The smallest absolute Gasteiger partial charge is 0.142 e. The van der Waals surface area contributed by atoms with E-state index in [1.165, 1.54) is 11.3 Å². The second-order valence-electron chi connectivity index (χ2n) is 2.73. The largest absolute Gasteiger partial charge is 0.380 e. The lowest BCUT2D eigenvalue weighted by atomic mass is 10.2. The maximum Gasteiger partial charge on any atom is 0.142 e. The van der Waals surface area contributed by atoms with Crippen LogP contribution in [0.25, 0.3) is 10.7 Å². The van der Waals surface area contributed by atoms with Gasteiger partial charge in [-0.2, -0.15) is 0 Å². The zero-order valence-electron chi connectivity index (χ0n) is 7.73. The van der Waals surface area contributed by atoms with Crippen LogP contribution in [0.2, 0.25) is 0 Å². The molecule has 0 unspecified atom stereocenters. The van der Waals surface area contributed by atoms with Gasteiger partial charge in [0.25, 0.3) is 0 Å². The van der Waals surface area contributed by atoms with Crippen LogP contribution < -0.4 is 0 Å². The summed E-state index contributed by atoms with van der Waals surface area (Å²) in [6, 6.07) is 3.89. The van der Waals surface area contributed by atoms with Gasteiger partial charge >= 0.3 is 0 Å². The number of nitrogens with zero attached hydrogens (tertiary/aromatic N) is 2.